The minimum Gasteiger partial charge on any atom is -0.384 e. The molecule has 3 rings (SSSR count). The maximum absolute atomic E-state index is 12.8. The van der Waals surface area contributed by atoms with Gasteiger partial charge in [0, 0.05) is 33.2 Å². The first-order chi connectivity index (χ1) is 13.8. The van der Waals surface area contributed by atoms with Crippen molar-refractivity contribution in [3.63, 3.8) is 0 Å². The van der Waals surface area contributed by atoms with E-state index in [0.717, 1.165) is 19.3 Å². The Hall–Kier alpha value is -1.78. The Labute approximate surface area is 171 Å². The summed E-state index contributed by atoms with van der Waals surface area (Å²) < 4.78 is 31.3. The molecule has 0 aromatic carbocycles. The molecule has 1 aromatic heterocycles. The van der Waals surface area contributed by atoms with Crippen molar-refractivity contribution in [1.29, 1.82) is 0 Å². The molecule has 1 N–H and O–H groups in total. The van der Waals surface area contributed by atoms with Gasteiger partial charge in [0.05, 0.1) is 35.6 Å². The number of carbonyl (C=O) groups is 1. The lowest BCUT2D eigenvalue weighted by atomic mass is 10.00. The molecule has 1 aromatic rings. The van der Waals surface area contributed by atoms with Crippen LogP contribution in [0.2, 0.25) is 0 Å². The molecular formula is C19H30N4O5S. The number of carbonyl (C=O) groups excluding carboxylic acids is 1. The zero-order valence-corrected chi connectivity index (χ0v) is 18.1. The largest absolute Gasteiger partial charge is 0.384 e. The molecule has 10 heteroatoms. The second-order valence-electron chi connectivity index (χ2n) is 7.90. The Bertz CT molecular complexity index is 912. The summed E-state index contributed by atoms with van der Waals surface area (Å²) in [6.07, 6.45) is 3.31. The van der Waals surface area contributed by atoms with Crippen molar-refractivity contribution in [2.75, 3.05) is 26.8 Å². The summed E-state index contributed by atoms with van der Waals surface area (Å²) in [4.78, 5) is 34.6. The van der Waals surface area contributed by atoms with Crippen LogP contribution < -0.4 is 5.56 Å². The number of fused-ring (bicyclic) bond motifs is 1. The Balaban J connectivity index is 1.87. The van der Waals surface area contributed by atoms with Gasteiger partial charge in [-0.2, -0.15) is 4.31 Å². The SMILES string of the molecule is COCCC(=O)N1CCCC[C@@H]1c1nc2c(c(=O)[nH]1)CN(S(=O)(=O)C(C)C)CC2. The van der Waals surface area contributed by atoms with E-state index in [-0.39, 0.29) is 24.1 Å². The van der Waals surface area contributed by atoms with E-state index in [0.29, 0.717) is 49.6 Å². The number of likely N-dealkylation sites (tertiary alicyclic amines) is 1. The number of nitrogens with zero attached hydrogens (tertiary/aromatic N) is 3. The fourth-order valence-corrected chi connectivity index (χ4v) is 5.19. The summed E-state index contributed by atoms with van der Waals surface area (Å²) in [5.41, 5.74) is 0.717. The highest BCUT2D eigenvalue weighted by Crippen LogP contribution is 2.30. The fraction of sp³-hybridized carbons (Fsp3) is 0.737. The smallest absolute Gasteiger partial charge is 0.255 e. The molecule has 2 aliphatic heterocycles. The third-order valence-electron chi connectivity index (χ3n) is 5.67. The predicted molar refractivity (Wildman–Crippen MR) is 108 cm³/mol. The van der Waals surface area contributed by atoms with Crippen LogP contribution in [0, 0.1) is 0 Å². The topological polar surface area (TPSA) is 113 Å². The summed E-state index contributed by atoms with van der Waals surface area (Å²) in [5, 5.41) is -0.538. The molecule has 0 saturated carbocycles. The number of hydrogen-bond acceptors (Lipinski definition) is 6. The van der Waals surface area contributed by atoms with Crippen LogP contribution in [0.25, 0.3) is 0 Å². The molecule has 0 unspecified atom stereocenters. The van der Waals surface area contributed by atoms with Crippen LogP contribution in [0.15, 0.2) is 4.79 Å². The number of hydrogen-bond donors (Lipinski definition) is 1. The molecule has 1 atom stereocenters. The highest BCUT2D eigenvalue weighted by Gasteiger charge is 2.34. The van der Waals surface area contributed by atoms with Gasteiger partial charge in [0.2, 0.25) is 15.9 Å². The predicted octanol–water partition coefficient (Wildman–Crippen LogP) is 0.956. The summed E-state index contributed by atoms with van der Waals surface area (Å²) >= 11 is 0. The Kier molecular flexibility index (Phi) is 6.75. The van der Waals surface area contributed by atoms with E-state index >= 15 is 0 Å². The van der Waals surface area contributed by atoms with Crippen molar-refractivity contribution >= 4 is 15.9 Å². The number of amides is 1. The van der Waals surface area contributed by atoms with E-state index < -0.39 is 15.3 Å². The molecule has 29 heavy (non-hydrogen) atoms. The van der Waals surface area contributed by atoms with E-state index in [1.54, 1.807) is 25.9 Å². The average Bonchev–Trinajstić information content (AvgIpc) is 2.71. The number of H-pyrrole nitrogens is 1. The molecule has 0 bridgehead atoms. The maximum Gasteiger partial charge on any atom is 0.255 e. The van der Waals surface area contributed by atoms with Gasteiger partial charge in [-0.3, -0.25) is 9.59 Å². The summed E-state index contributed by atoms with van der Waals surface area (Å²) in [6.45, 7) is 4.61. The quantitative estimate of drug-likeness (QED) is 0.725. The van der Waals surface area contributed by atoms with E-state index in [2.05, 4.69) is 9.97 Å². The van der Waals surface area contributed by atoms with E-state index in [1.165, 1.54) is 4.31 Å². The number of rotatable bonds is 6. The van der Waals surface area contributed by atoms with Crippen LogP contribution in [0.1, 0.15) is 62.7 Å². The number of sulfonamides is 1. The first kappa shape index (κ1) is 21.9. The molecule has 0 aliphatic carbocycles. The number of ether oxygens (including phenoxy) is 1. The van der Waals surface area contributed by atoms with Gasteiger partial charge >= 0.3 is 0 Å². The molecule has 1 saturated heterocycles. The molecule has 3 heterocycles. The number of aromatic nitrogens is 2. The summed E-state index contributed by atoms with van der Waals surface area (Å²) in [7, 11) is -1.87. The Morgan fingerprint density at radius 2 is 2.07 bits per heavy atom. The summed E-state index contributed by atoms with van der Waals surface area (Å²) in [6, 6.07) is -0.261. The lowest BCUT2D eigenvalue weighted by Gasteiger charge is -2.36. The monoisotopic (exact) mass is 426 g/mol. The first-order valence-electron chi connectivity index (χ1n) is 10.1. The van der Waals surface area contributed by atoms with E-state index in [4.69, 9.17) is 4.74 Å². The summed E-state index contributed by atoms with van der Waals surface area (Å²) in [5.74, 6) is 0.491. The Morgan fingerprint density at radius 3 is 2.76 bits per heavy atom. The van der Waals surface area contributed by atoms with Crippen molar-refractivity contribution in [2.24, 2.45) is 0 Å². The number of methoxy groups -OCH3 is 1. The van der Waals surface area contributed by atoms with E-state index in [9.17, 15) is 18.0 Å². The molecule has 2 aliphatic rings. The number of aromatic amines is 1. The third kappa shape index (κ3) is 4.54. The first-order valence-corrected chi connectivity index (χ1v) is 11.6. The van der Waals surface area contributed by atoms with Crippen LogP contribution in [0.4, 0.5) is 0 Å². The highest BCUT2D eigenvalue weighted by atomic mass is 32.2. The van der Waals surface area contributed by atoms with Crippen LogP contribution in [0.3, 0.4) is 0 Å². The van der Waals surface area contributed by atoms with E-state index in [1.807, 2.05) is 0 Å². The lowest BCUT2D eigenvalue weighted by molar-refractivity contribution is -0.136. The van der Waals surface area contributed by atoms with Gasteiger partial charge in [-0.05, 0) is 33.1 Å². The van der Waals surface area contributed by atoms with Crippen LogP contribution in [-0.4, -0.2) is 65.6 Å². The van der Waals surface area contributed by atoms with Crippen molar-refractivity contribution in [3.8, 4) is 0 Å². The van der Waals surface area contributed by atoms with Crippen LogP contribution in [-0.2, 0) is 32.5 Å². The molecular weight excluding hydrogens is 396 g/mol. The second-order valence-corrected chi connectivity index (χ2v) is 10.4. The molecule has 162 valence electrons. The highest BCUT2D eigenvalue weighted by molar-refractivity contribution is 7.89. The van der Waals surface area contributed by atoms with Gasteiger partial charge in [-0.15, -0.1) is 0 Å². The van der Waals surface area contributed by atoms with Crippen molar-refractivity contribution in [2.45, 2.75) is 63.8 Å². The van der Waals surface area contributed by atoms with Crippen molar-refractivity contribution in [3.05, 3.63) is 27.4 Å². The van der Waals surface area contributed by atoms with Crippen LogP contribution >= 0.6 is 0 Å². The minimum atomic E-state index is -3.43. The average molecular weight is 427 g/mol. The fourth-order valence-electron chi connectivity index (χ4n) is 3.94. The van der Waals surface area contributed by atoms with Gasteiger partial charge in [0.25, 0.3) is 5.56 Å². The van der Waals surface area contributed by atoms with Crippen molar-refractivity contribution in [1.82, 2.24) is 19.2 Å². The van der Waals surface area contributed by atoms with Gasteiger partial charge in [0.1, 0.15) is 5.82 Å². The lowest BCUT2D eigenvalue weighted by Crippen LogP contribution is -2.44. The molecule has 1 amide bonds. The van der Waals surface area contributed by atoms with Crippen molar-refractivity contribution < 1.29 is 17.9 Å². The Morgan fingerprint density at radius 1 is 1.31 bits per heavy atom. The molecule has 1 fully saturated rings. The van der Waals surface area contributed by atoms with Gasteiger partial charge in [-0.25, -0.2) is 13.4 Å². The third-order valence-corrected chi connectivity index (χ3v) is 7.89. The van der Waals surface area contributed by atoms with Gasteiger partial charge < -0.3 is 14.6 Å². The maximum atomic E-state index is 12.8. The normalized spacial score (nSPS) is 20.7. The molecule has 9 nitrogen and oxygen atoms in total. The van der Waals surface area contributed by atoms with Crippen LogP contribution in [0.5, 0.6) is 0 Å². The molecule has 0 radical (unpaired) electrons. The van der Waals surface area contributed by atoms with Gasteiger partial charge in [0.15, 0.2) is 0 Å². The zero-order chi connectivity index (χ0) is 21.2. The second kappa shape index (κ2) is 8.93. The standard InChI is InChI=1S/C19H30N4O5S/c1-13(2)29(26,27)22-10-7-15-14(12-22)19(25)21-18(20-15)16-6-4-5-9-23(16)17(24)8-11-28-3/h13,16H,4-12H2,1-3H3,(H,20,21,25)/t16-/m1/s1. The zero-order valence-electron chi connectivity index (χ0n) is 17.3. The molecule has 0 spiro atoms. The minimum absolute atomic E-state index is 0.00822. The number of nitrogens with one attached hydrogen (secondary N) is 1. The number of piperidine rings is 1. The van der Waals surface area contributed by atoms with Gasteiger partial charge in [-0.1, -0.05) is 0 Å².